The minimum atomic E-state index is -0.555. The maximum atomic E-state index is 12.4. The molecule has 3 aromatic rings. The number of nitrogens with two attached hydrogens (primary N) is 1. The zero-order valence-corrected chi connectivity index (χ0v) is 17.4. The minimum absolute atomic E-state index is 0.0693. The van der Waals surface area contributed by atoms with Crippen LogP contribution < -0.4 is 20.4 Å². The predicted molar refractivity (Wildman–Crippen MR) is 115 cm³/mol. The molecule has 3 N–H and O–H groups in total. The Morgan fingerprint density at radius 1 is 1.07 bits per heavy atom. The Morgan fingerprint density at radius 3 is 2.50 bits per heavy atom. The van der Waals surface area contributed by atoms with Crippen LogP contribution >= 0.6 is 11.6 Å². The Kier molecular flexibility index (Phi) is 7.03. The Morgan fingerprint density at radius 2 is 1.83 bits per heavy atom. The number of nitrogens with zero attached hydrogens (tertiary/aromatic N) is 1. The SMILES string of the molecule is COc1ccc(-c2cc(C(N)=O)c[n+](CC(=O)NCCc3cccc(Cl)c3)c2)cc1. The third kappa shape index (κ3) is 5.81. The normalized spacial score (nSPS) is 10.5. The van der Waals surface area contributed by atoms with Crippen LogP contribution in [-0.2, 0) is 17.8 Å². The smallest absolute Gasteiger partial charge is 0.285 e. The highest BCUT2D eigenvalue weighted by Crippen LogP contribution is 2.22. The van der Waals surface area contributed by atoms with E-state index >= 15 is 0 Å². The van der Waals surface area contributed by atoms with Gasteiger partial charge >= 0.3 is 0 Å². The van der Waals surface area contributed by atoms with Crippen LogP contribution in [0.15, 0.2) is 67.0 Å². The summed E-state index contributed by atoms with van der Waals surface area (Å²) in [4.78, 5) is 24.1. The van der Waals surface area contributed by atoms with Gasteiger partial charge in [0, 0.05) is 17.1 Å². The molecule has 0 aliphatic rings. The van der Waals surface area contributed by atoms with E-state index in [-0.39, 0.29) is 12.5 Å². The Balaban J connectivity index is 1.70. The van der Waals surface area contributed by atoms with Crippen molar-refractivity contribution in [3.05, 3.63) is 83.1 Å². The molecule has 0 spiro atoms. The topological polar surface area (TPSA) is 85.3 Å². The molecule has 3 rings (SSSR count). The van der Waals surface area contributed by atoms with Gasteiger partial charge in [-0.05, 0) is 47.9 Å². The highest BCUT2D eigenvalue weighted by molar-refractivity contribution is 6.30. The number of halogens is 1. The summed E-state index contributed by atoms with van der Waals surface area (Å²) in [5.74, 6) is 0.0153. The van der Waals surface area contributed by atoms with Gasteiger partial charge in [-0.3, -0.25) is 9.59 Å². The van der Waals surface area contributed by atoms with Gasteiger partial charge in [0.05, 0.1) is 7.11 Å². The van der Waals surface area contributed by atoms with Crippen LogP contribution in [-0.4, -0.2) is 25.5 Å². The molecule has 2 amide bonds. The molecule has 2 aromatic carbocycles. The van der Waals surface area contributed by atoms with Gasteiger partial charge in [0.15, 0.2) is 12.4 Å². The van der Waals surface area contributed by atoms with Crippen LogP contribution in [0.3, 0.4) is 0 Å². The predicted octanol–water partition coefficient (Wildman–Crippen LogP) is 2.76. The van der Waals surface area contributed by atoms with E-state index in [4.69, 9.17) is 22.1 Å². The number of hydrogen-bond acceptors (Lipinski definition) is 3. The third-order valence-corrected chi connectivity index (χ3v) is 4.81. The van der Waals surface area contributed by atoms with Gasteiger partial charge < -0.3 is 15.8 Å². The van der Waals surface area contributed by atoms with Crippen LogP contribution in [0.4, 0.5) is 0 Å². The first-order valence-corrected chi connectivity index (χ1v) is 9.82. The number of carbonyl (C=O) groups excluding carboxylic acids is 2. The van der Waals surface area contributed by atoms with Gasteiger partial charge in [-0.15, -0.1) is 0 Å². The molecule has 154 valence electrons. The molecule has 0 saturated carbocycles. The lowest BCUT2D eigenvalue weighted by Crippen LogP contribution is -2.44. The average Bonchev–Trinajstić information content (AvgIpc) is 2.73. The van der Waals surface area contributed by atoms with E-state index in [1.54, 1.807) is 23.9 Å². The number of benzene rings is 2. The zero-order valence-electron chi connectivity index (χ0n) is 16.6. The molecule has 0 atom stereocenters. The Bertz CT molecular complexity index is 1050. The van der Waals surface area contributed by atoms with Gasteiger partial charge in [-0.25, -0.2) is 0 Å². The van der Waals surface area contributed by atoms with Crippen LogP contribution in [0.1, 0.15) is 15.9 Å². The molecule has 6 nitrogen and oxygen atoms in total. The molecule has 0 unspecified atom stereocenters. The van der Waals surface area contributed by atoms with E-state index in [1.165, 1.54) is 0 Å². The van der Waals surface area contributed by atoms with Crippen LogP contribution in [0.5, 0.6) is 5.75 Å². The van der Waals surface area contributed by atoms with Crippen LogP contribution in [0, 0.1) is 0 Å². The number of methoxy groups -OCH3 is 1. The van der Waals surface area contributed by atoms with Crippen molar-refractivity contribution in [2.24, 2.45) is 5.73 Å². The first kappa shape index (κ1) is 21.3. The van der Waals surface area contributed by atoms with E-state index in [0.717, 1.165) is 22.4 Å². The van der Waals surface area contributed by atoms with Crippen molar-refractivity contribution < 1.29 is 18.9 Å². The molecule has 0 saturated heterocycles. The summed E-state index contributed by atoms with van der Waals surface area (Å²) in [5, 5.41) is 3.56. The van der Waals surface area contributed by atoms with Crippen LogP contribution in [0.2, 0.25) is 5.02 Å². The Labute approximate surface area is 180 Å². The lowest BCUT2D eigenvalue weighted by Gasteiger charge is -2.07. The summed E-state index contributed by atoms with van der Waals surface area (Å²) >= 11 is 5.98. The molecule has 1 aromatic heterocycles. The largest absolute Gasteiger partial charge is 0.497 e. The van der Waals surface area contributed by atoms with Crippen LogP contribution in [0.25, 0.3) is 11.1 Å². The van der Waals surface area contributed by atoms with E-state index in [2.05, 4.69) is 5.32 Å². The number of amides is 2. The number of hydrogen-bond donors (Lipinski definition) is 2. The van der Waals surface area contributed by atoms with E-state index in [9.17, 15) is 9.59 Å². The second-order valence-electron chi connectivity index (χ2n) is 6.81. The summed E-state index contributed by atoms with van der Waals surface area (Å²) in [5.41, 5.74) is 8.52. The first-order valence-electron chi connectivity index (χ1n) is 9.44. The zero-order chi connectivity index (χ0) is 21.5. The molecule has 7 heteroatoms. The number of primary amides is 1. The van der Waals surface area contributed by atoms with E-state index < -0.39 is 5.91 Å². The number of pyridine rings is 1. The van der Waals surface area contributed by atoms with E-state index in [1.807, 2.05) is 54.7 Å². The number of carbonyl (C=O) groups is 2. The summed E-state index contributed by atoms with van der Waals surface area (Å²) in [6, 6.07) is 16.7. The van der Waals surface area contributed by atoms with Crippen molar-refractivity contribution in [3.8, 4) is 16.9 Å². The van der Waals surface area contributed by atoms with Gasteiger partial charge in [-0.1, -0.05) is 35.9 Å². The van der Waals surface area contributed by atoms with E-state index in [0.29, 0.717) is 23.6 Å². The lowest BCUT2D eigenvalue weighted by atomic mass is 10.1. The van der Waals surface area contributed by atoms with Crippen molar-refractivity contribution in [3.63, 3.8) is 0 Å². The maximum absolute atomic E-state index is 12.4. The fourth-order valence-electron chi connectivity index (χ4n) is 3.06. The minimum Gasteiger partial charge on any atom is -0.497 e. The van der Waals surface area contributed by atoms with Gasteiger partial charge in [-0.2, -0.15) is 4.57 Å². The second-order valence-corrected chi connectivity index (χ2v) is 7.24. The van der Waals surface area contributed by atoms with Crippen molar-refractivity contribution in [2.45, 2.75) is 13.0 Å². The molecule has 0 fully saturated rings. The highest BCUT2D eigenvalue weighted by atomic mass is 35.5. The summed E-state index contributed by atoms with van der Waals surface area (Å²) in [7, 11) is 1.60. The van der Waals surface area contributed by atoms with Gasteiger partial charge in [0.2, 0.25) is 6.54 Å². The molecule has 30 heavy (non-hydrogen) atoms. The molecular weight excluding hydrogens is 402 g/mol. The van der Waals surface area contributed by atoms with Crippen molar-refractivity contribution in [1.82, 2.24) is 5.32 Å². The second kappa shape index (κ2) is 9.89. The average molecular weight is 425 g/mol. The number of rotatable bonds is 8. The molecular formula is C23H23ClN3O3+. The standard InChI is InChI=1S/C23H22ClN3O3/c1-30-21-7-5-17(6-8-21)18-12-19(23(25)29)14-27(13-18)15-22(28)26-10-9-16-3-2-4-20(24)11-16/h2-8,11-14H,9-10,15H2,1H3,(H2-,25,26,28,29)/p+1. The fraction of sp³-hybridized carbons (Fsp3) is 0.174. The molecule has 0 aliphatic heterocycles. The quantitative estimate of drug-likeness (QED) is 0.545. The van der Waals surface area contributed by atoms with Gasteiger partial charge in [0.25, 0.3) is 11.8 Å². The molecule has 0 radical (unpaired) electrons. The van der Waals surface area contributed by atoms with Crippen molar-refractivity contribution in [1.29, 1.82) is 0 Å². The first-order chi connectivity index (χ1) is 14.4. The summed E-state index contributed by atoms with van der Waals surface area (Å²) in [6.07, 6.45) is 4.06. The molecule has 0 bridgehead atoms. The number of ether oxygens (including phenoxy) is 1. The maximum Gasteiger partial charge on any atom is 0.285 e. The molecule has 0 aliphatic carbocycles. The summed E-state index contributed by atoms with van der Waals surface area (Å²) in [6.45, 7) is 0.556. The highest BCUT2D eigenvalue weighted by Gasteiger charge is 2.16. The summed E-state index contributed by atoms with van der Waals surface area (Å²) < 4.78 is 6.84. The molecule has 1 heterocycles. The van der Waals surface area contributed by atoms with Gasteiger partial charge in [0.1, 0.15) is 11.3 Å². The van der Waals surface area contributed by atoms with Crippen molar-refractivity contribution in [2.75, 3.05) is 13.7 Å². The third-order valence-electron chi connectivity index (χ3n) is 4.58. The van der Waals surface area contributed by atoms with Crippen molar-refractivity contribution >= 4 is 23.4 Å². The fourth-order valence-corrected chi connectivity index (χ4v) is 3.28. The monoisotopic (exact) mass is 424 g/mol. The number of aromatic nitrogens is 1. The number of nitrogens with one attached hydrogen (secondary N) is 1. The Hall–Kier alpha value is -3.38. The lowest BCUT2D eigenvalue weighted by molar-refractivity contribution is -0.684.